The molecule has 0 N–H and O–H groups in total. The van der Waals surface area contributed by atoms with Crippen LogP contribution < -0.4 is 0 Å². The topological polar surface area (TPSA) is 53.5 Å². The van der Waals surface area contributed by atoms with Gasteiger partial charge in [-0.3, -0.25) is 9.13 Å². The SMILES string of the molecule is [2H]c1c([2H])c([2H])c2c(c1[2H])c1ccccc1n2-c1nc(-c2ccccc2-n2c3c([2H])c([2H])c([2H])c([2H])c3c3c([2H])c([2H])c([2H])c([2H])c32)nc(-n2c3ccc(C(C)(C)C)cc3c3cc(C(C)(C)C)ccc32)n1. The fourth-order valence-electron chi connectivity index (χ4n) is 8.24. The van der Waals surface area contributed by atoms with Gasteiger partial charge < -0.3 is 4.57 Å². The molecule has 0 saturated heterocycles. The van der Waals surface area contributed by atoms with E-state index in [1.165, 1.54) is 4.57 Å². The third kappa shape index (κ3) is 5.43. The molecule has 0 unspecified atom stereocenters. The number of rotatable bonds is 4. The van der Waals surface area contributed by atoms with Gasteiger partial charge in [-0.25, -0.2) is 0 Å². The highest BCUT2D eigenvalue weighted by Crippen LogP contribution is 2.40. The Bertz CT molecular complexity index is 4030. The Morgan fingerprint density at radius 1 is 0.407 bits per heavy atom. The van der Waals surface area contributed by atoms with Gasteiger partial charge in [-0.05, 0) is 82.5 Å². The van der Waals surface area contributed by atoms with E-state index in [0.717, 1.165) is 32.9 Å². The summed E-state index contributed by atoms with van der Waals surface area (Å²) in [5.74, 6) is 0.177. The Morgan fingerprint density at radius 3 is 1.41 bits per heavy atom. The average Bonchev–Trinajstić information content (AvgIpc) is 4.00. The molecule has 11 rings (SSSR count). The number of nitrogens with zero attached hydrogens (tertiary/aromatic N) is 6. The summed E-state index contributed by atoms with van der Waals surface area (Å²) >= 11 is 0. The molecule has 7 aromatic carbocycles. The van der Waals surface area contributed by atoms with Crippen molar-refractivity contribution in [1.82, 2.24) is 28.7 Å². The lowest BCUT2D eigenvalue weighted by Crippen LogP contribution is -2.12. The van der Waals surface area contributed by atoms with Crippen LogP contribution in [0.15, 0.2) is 157 Å². The van der Waals surface area contributed by atoms with Crippen molar-refractivity contribution < 1.29 is 16.4 Å². The van der Waals surface area contributed by atoms with Crippen molar-refractivity contribution in [2.45, 2.75) is 52.4 Å². The molecule has 11 aromatic rings. The Labute approximate surface area is 359 Å². The first-order valence-corrected chi connectivity index (χ1v) is 19.5. The van der Waals surface area contributed by atoms with Crippen molar-refractivity contribution >= 4 is 65.4 Å². The van der Waals surface area contributed by atoms with Gasteiger partial charge in [-0.2, -0.15) is 15.0 Å². The van der Waals surface area contributed by atoms with Crippen LogP contribution >= 0.6 is 0 Å². The van der Waals surface area contributed by atoms with Gasteiger partial charge >= 0.3 is 0 Å². The second-order valence-electron chi connectivity index (χ2n) is 16.9. The molecule has 0 atom stereocenters. The van der Waals surface area contributed by atoms with Crippen LogP contribution in [0.3, 0.4) is 0 Å². The van der Waals surface area contributed by atoms with E-state index in [0.29, 0.717) is 10.9 Å². The lowest BCUT2D eigenvalue weighted by atomic mass is 9.85. The summed E-state index contributed by atoms with van der Waals surface area (Å²) < 4.78 is 112. The summed E-state index contributed by atoms with van der Waals surface area (Å²) in [6.07, 6.45) is 0. The molecule has 0 fully saturated rings. The second kappa shape index (κ2) is 12.7. The predicted molar refractivity (Wildman–Crippen MR) is 246 cm³/mol. The van der Waals surface area contributed by atoms with Crippen LogP contribution in [0.2, 0.25) is 0 Å². The molecule has 6 nitrogen and oxygen atoms in total. The number of hydrogen-bond acceptors (Lipinski definition) is 3. The number of hydrogen-bond donors (Lipinski definition) is 0. The molecule has 0 bridgehead atoms. The molecule has 0 aliphatic rings. The zero-order valence-corrected chi connectivity index (χ0v) is 33.3. The van der Waals surface area contributed by atoms with Crippen LogP contribution in [-0.4, -0.2) is 28.7 Å². The Hall–Kier alpha value is -7.05. The highest BCUT2D eigenvalue weighted by molar-refractivity contribution is 6.11. The van der Waals surface area contributed by atoms with Crippen molar-refractivity contribution in [2.75, 3.05) is 0 Å². The van der Waals surface area contributed by atoms with Gasteiger partial charge in [0.2, 0.25) is 11.9 Å². The molecule has 59 heavy (non-hydrogen) atoms. The summed E-state index contributed by atoms with van der Waals surface area (Å²) in [4.78, 5) is 15.7. The quantitative estimate of drug-likeness (QED) is 0.179. The van der Waals surface area contributed by atoms with Gasteiger partial charge in [0, 0.05) is 37.9 Å². The fourth-order valence-corrected chi connectivity index (χ4v) is 8.24. The average molecular weight is 777 g/mol. The van der Waals surface area contributed by atoms with Crippen molar-refractivity contribution in [2.24, 2.45) is 0 Å². The summed E-state index contributed by atoms with van der Waals surface area (Å²) in [7, 11) is 0. The number of benzene rings is 7. The zero-order chi connectivity index (χ0) is 50.7. The van der Waals surface area contributed by atoms with Crippen LogP contribution in [0, 0.1) is 0 Å². The van der Waals surface area contributed by atoms with Gasteiger partial charge in [0.05, 0.1) is 55.2 Å². The lowest BCUT2D eigenvalue weighted by molar-refractivity contribution is 0.590. The smallest absolute Gasteiger partial charge is 0.240 e. The van der Waals surface area contributed by atoms with Crippen molar-refractivity contribution in [1.29, 1.82) is 0 Å². The van der Waals surface area contributed by atoms with Gasteiger partial charge in [0.1, 0.15) is 0 Å². The van der Waals surface area contributed by atoms with E-state index in [2.05, 4.69) is 65.8 Å². The molecule has 0 saturated carbocycles. The third-order valence-electron chi connectivity index (χ3n) is 11.2. The van der Waals surface area contributed by atoms with E-state index in [9.17, 15) is 4.11 Å². The van der Waals surface area contributed by atoms with Crippen molar-refractivity contribution in [3.8, 4) is 29.0 Å². The van der Waals surface area contributed by atoms with Crippen molar-refractivity contribution in [3.63, 3.8) is 0 Å². The van der Waals surface area contributed by atoms with Crippen LogP contribution in [-0.2, 0) is 10.8 Å². The van der Waals surface area contributed by atoms with E-state index >= 15 is 0 Å². The minimum atomic E-state index is -0.562. The first-order chi connectivity index (χ1) is 33.5. The lowest BCUT2D eigenvalue weighted by Gasteiger charge is -2.19. The monoisotopic (exact) mass is 776 g/mol. The predicted octanol–water partition coefficient (Wildman–Crippen LogP) is 13.4. The molecule has 4 aromatic heterocycles. The molecule has 0 aliphatic carbocycles. The number of aromatic nitrogens is 6. The summed E-state index contributed by atoms with van der Waals surface area (Å²) in [5.41, 5.74) is 4.34. The van der Waals surface area contributed by atoms with E-state index in [4.69, 9.17) is 27.3 Å². The Morgan fingerprint density at radius 2 is 0.847 bits per heavy atom. The molecular formula is C53H44N6. The van der Waals surface area contributed by atoms with Gasteiger partial charge in [-0.15, -0.1) is 0 Å². The second-order valence-corrected chi connectivity index (χ2v) is 16.9. The Balaban J connectivity index is 1.33. The van der Waals surface area contributed by atoms with Gasteiger partial charge in [0.15, 0.2) is 5.82 Å². The van der Waals surface area contributed by atoms with Crippen LogP contribution in [0.25, 0.3) is 94.4 Å². The fraction of sp³-hybridized carbons (Fsp3) is 0.151. The molecular weight excluding hydrogens is 721 g/mol. The van der Waals surface area contributed by atoms with Gasteiger partial charge in [0.25, 0.3) is 0 Å². The highest BCUT2D eigenvalue weighted by Gasteiger charge is 2.25. The largest absolute Gasteiger partial charge is 0.309 e. The normalized spacial score (nSPS) is 15.4. The van der Waals surface area contributed by atoms with Crippen LogP contribution in [0.4, 0.5) is 0 Å². The number of fused-ring (bicyclic) bond motifs is 9. The van der Waals surface area contributed by atoms with Gasteiger partial charge in [-0.1, -0.05) is 138 Å². The van der Waals surface area contributed by atoms with E-state index < -0.39 is 60.4 Å². The summed E-state index contributed by atoms with van der Waals surface area (Å²) in [6, 6.07) is 21.1. The number of para-hydroxylation sites is 5. The van der Waals surface area contributed by atoms with E-state index in [1.807, 2.05) is 16.7 Å². The highest BCUT2D eigenvalue weighted by atomic mass is 15.3. The molecule has 0 spiro atoms. The molecule has 286 valence electrons. The van der Waals surface area contributed by atoms with Crippen molar-refractivity contribution in [3.05, 3.63) is 169 Å². The molecule has 0 amide bonds. The minimum Gasteiger partial charge on any atom is -0.309 e. The first-order valence-electron chi connectivity index (χ1n) is 25.5. The molecule has 6 heteroatoms. The molecule has 4 heterocycles. The standard InChI is InChI=1S/C53H44N6/c1-52(2,3)33-27-29-47-40(31-33)41-32-34(53(4,5)6)28-30-48(41)59(47)51-55-49(54-50(56-51)58-44-24-14-9-19-37(44)38-20-10-15-25-45(38)58)39-21-11-16-26-46(39)57-42-22-12-7-17-35(42)36-18-8-13-23-43(36)57/h7-32H,1-6H3/i7D,8D,9D,12D,13D,14D,17D,18D,19D,22D,23D,24D. The third-order valence-corrected chi connectivity index (χ3v) is 11.2. The van der Waals surface area contributed by atoms with Crippen LogP contribution in [0.1, 0.15) is 69.1 Å². The maximum absolute atomic E-state index is 9.32. The van der Waals surface area contributed by atoms with E-state index in [-0.39, 0.29) is 84.6 Å². The van der Waals surface area contributed by atoms with Crippen LogP contribution in [0.5, 0.6) is 0 Å². The maximum Gasteiger partial charge on any atom is 0.240 e. The first kappa shape index (κ1) is 24.7. The molecule has 0 radical (unpaired) electrons. The summed E-state index contributed by atoms with van der Waals surface area (Å²) in [6.45, 7) is 12.9. The molecule has 0 aliphatic heterocycles. The zero-order valence-electron chi connectivity index (χ0n) is 45.3. The maximum atomic E-state index is 9.32. The van der Waals surface area contributed by atoms with E-state index in [1.54, 1.807) is 53.1 Å². The summed E-state index contributed by atoms with van der Waals surface area (Å²) in [5, 5.41) is 2.53. The Kier molecular flexibility index (Phi) is 5.32. The minimum absolute atomic E-state index is 0.00489.